The lowest BCUT2D eigenvalue weighted by atomic mass is 9.91. The summed E-state index contributed by atoms with van der Waals surface area (Å²) in [4.78, 5) is 0. The van der Waals surface area contributed by atoms with Crippen LogP contribution in [0.1, 0.15) is 19.8 Å². The third-order valence-corrected chi connectivity index (χ3v) is 6.09. The SMILES string of the molecule is CNC1(C)CCN(S(=O)(=O)N2CCOCC2)CC1. The van der Waals surface area contributed by atoms with Crippen LogP contribution in [-0.4, -0.2) is 69.0 Å². The molecule has 18 heavy (non-hydrogen) atoms. The summed E-state index contributed by atoms with van der Waals surface area (Å²) in [6.07, 6.45) is 1.71. The quantitative estimate of drug-likeness (QED) is 0.765. The molecule has 0 unspecified atom stereocenters. The average molecular weight is 277 g/mol. The molecule has 106 valence electrons. The van der Waals surface area contributed by atoms with Crippen molar-refractivity contribution in [2.45, 2.75) is 25.3 Å². The van der Waals surface area contributed by atoms with Crippen LogP contribution in [0.2, 0.25) is 0 Å². The number of nitrogens with one attached hydrogen (secondary N) is 1. The molecule has 2 fully saturated rings. The van der Waals surface area contributed by atoms with Crippen LogP contribution in [0, 0.1) is 0 Å². The second kappa shape index (κ2) is 5.42. The van der Waals surface area contributed by atoms with Gasteiger partial charge in [0.2, 0.25) is 0 Å². The third kappa shape index (κ3) is 2.85. The van der Waals surface area contributed by atoms with E-state index in [0.717, 1.165) is 12.8 Å². The minimum absolute atomic E-state index is 0.0665. The highest BCUT2D eigenvalue weighted by Gasteiger charge is 2.37. The van der Waals surface area contributed by atoms with E-state index < -0.39 is 10.2 Å². The first-order valence-corrected chi connectivity index (χ1v) is 7.89. The summed E-state index contributed by atoms with van der Waals surface area (Å²) >= 11 is 0. The molecule has 2 heterocycles. The first-order valence-electron chi connectivity index (χ1n) is 6.50. The molecular weight excluding hydrogens is 254 g/mol. The van der Waals surface area contributed by atoms with Crippen molar-refractivity contribution in [1.29, 1.82) is 0 Å². The minimum atomic E-state index is -3.28. The molecule has 0 aromatic heterocycles. The zero-order valence-electron chi connectivity index (χ0n) is 11.2. The Morgan fingerprint density at radius 3 is 2.06 bits per heavy atom. The lowest BCUT2D eigenvalue weighted by Crippen LogP contribution is -2.55. The Morgan fingerprint density at radius 1 is 1.06 bits per heavy atom. The third-order valence-electron chi connectivity index (χ3n) is 4.05. The molecule has 2 aliphatic rings. The molecule has 0 aromatic carbocycles. The maximum atomic E-state index is 12.4. The van der Waals surface area contributed by atoms with Crippen molar-refractivity contribution in [1.82, 2.24) is 13.9 Å². The maximum Gasteiger partial charge on any atom is 0.282 e. The van der Waals surface area contributed by atoms with Gasteiger partial charge in [-0.15, -0.1) is 0 Å². The summed E-state index contributed by atoms with van der Waals surface area (Å²) in [7, 11) is -1.35. The van der Waals surface area contributed by atoms with Gasteiger partial charge in [-0.2, -0.15) is 17.0 Å². The average Bonchev–Trinajstić information content (AvgIpc) is 2.40. The van der Waals surface area contributed by atoms with Crippen molar-refractivity contribution < 1.29 is 13.2 Å². The Kier molecular flexibility index (Phi) is 4.28. The highest BCUT2D eigenvalue weighted by atomic mass is 32.2. The van der Waals surface area contributed by atoms with Crippen LogP contribution in [0.3, 0.4) is 0 Å². The van der Waals surface area contributed by atoms with Gasteiger partial charge in [0.15, 0.2) is 0 Å². The Bertz CT molecular complexity index is 371. The van der Waals surface area contributed by atoms with Gasteiger partial charge in [0.25, 0.3) is 10.2 Å². The second-order valence-corrected chi connectivity index (χ2v) is 7.16. The molecule has 6 nitrogen and oxygen atoms in total. The maximum absolute atomic E-state index is 12.4. The standard InChI is InChI=1S/C11H23N3O3S/c1-11(12-2)3-5-13(6-4-11)18(15,16)14-7-9-17-10-8-14/h12H,3-10H2,1-2H3. The van der Waals surface area contributed by atoms with Crippen molar-refractivity contribution in [3.8, 4) is 0 Å². The van der Waals surface area contributed by atoms with Crippen LogP contribution in [0.25, 0.3) is 0 Å². The van der Waals surface area contributed by atoms with Gasteiger partial charge >= 0.3 is 0 Å². The fraction of sp³-hybridized carbons (Fsp3) is 1.00. The van der Waals surface area contributed by atoms with E-state index in [0.29, 0.717) is 39.4 Å². The fourth-order valence-corrected chi connectivity index (χ4v) is 3.98. The van der Waals surface area contributed by atoms with Gasteiger partial charge in [0.05, 0.1) is 13.2 Å². The second-order valence-electron chi connectivity index (χ2n) is 5.23. The van der Waals surface area contributed by atoms with Crippen LogP contribution in [0.15, 0.2) is 0 Å². The van der Waals surface area contributed by atoms with Gasteiger partial charge < -0.3 is 10.1 Å². The monoisotopic (exact) mass is 277 g/mol. The van der Waals surface area contributed by atoms with Crippen LogP contribution in [-0.2, 0) is 14.9 Å². The Hall–Kier alpha value is -0.210. The summed E-state index contributed by atoms with van der Waals surface area (Å²) in [6.45, 7) is 5.28. The molecule has 0 spiro atoms. The summed E-state index contributed by atoms with van der Waals surface area (Å²) in [6, 6.07) is 0. The lowest BCUT2D eigenvalue weighted by molar-refractivity contribution is 0.0689. The Labute approximate surface area is 109 Å². The number of rotatable bonds is 3. The van der Waals surface area contributed by atoms with Gasteiger partial charge in [0, 0.05) is 31.7 Å². The number of hydrogen-bond acceptors (Lipinski definition) is 4. The summed E-state index contributed by atoms with van der Waals surface area (Å²) in [5.41, 5.74) is 0.0665. The van der Waals surface area contributed by atoms with Crippen LogP contribution in [0.4, 0.5) is 0 Å². The molecule has 0 saturated carbocycles. The van der Waals surface area contributed by atoms with Crippen LogP contribution in [0.5, 0.6) is 0 Å². The summed E-state index contributed by atoms with van der Waals surface area (Å²) in [5.74, 6) is 0. The van der Waals surface area contributed by atoms with E-state index in [9.17, 15) is 8.42 Å². The van der Waals surface area contributed by atoms with E-state index >= 15 is 0 Å². The predicted octanol–water partition coefficient (Wildman–Crippen LogP) is -0.363. The highest BCUT2D eigenvalue weighted by Crippen LogP contribution is 2.24. The van der Waals surface area contributed by atoms with Crippen LogP contribution >= 0.6 is 0 Å². The largest absolute Gasteiger partial charge is 0.379 e. The molecule has 2 aliphatic heterocycles. The minimum Gasteiger partial charge on any atom is -0.379 e. The van der Waals surface area contributed by atoms with Crippen molar-refractivity contribution in [3.63, 3.8) is 0 Å². The van der Waals surface area contributed by atoms with E-state index in [2.05, 4.69) is 12.2 Å². The van der Waals surface area contributed by atoms with E-state index in [4.69, 9.17) is 4.74 Å². The Morgan fingerprint density at radius 2 is 1.56 bits per heavy atom. The first kappa shape index (κ1) is 14.2. The zero-order valence-corrected chi connectivity index (χ0v) is 12.0. The molecular formula is C11H23N3O3S. The summed E-state index contributed by atoms with van der Waals surface area (Å²) < 4.78 is 33.2. The summed E-state index contributed by atoms with van der Waals surface area (Å²) in [5, 5.41) is 3.28. The van der Waals surface area contributed by atoms with E-state index in [1.54, 1.807) is 8.61 Å². The van der Waals surface area contributed by atoms with Crippen LogP contribution < -0.4 is 5.32 Å². The molecule has 0 radical (unpaired) electrons. The number of piperidine rings is 1. The molecule has 2 saturated heterocycles. The first-order chi connectivity index (χ1) is 8.48. The molecule has 7 heteroatoms. The van der Waals surface area contributed by atoms with Crippen molar-refractivity contribution in [2.75, 3.05) is 46.4 Å². The van der Waals surface area contributed by atoms with Gasteiger partial charge in [0.1, 0.15) is 0 Å². The van der Waals surface area contributed by atoms with E-state index in [1.807, 2.05) is 7.05 Å². The molecule has 2 rings (SSSR count). The normalized spacial score (nSPS) is 27.2. The van der Waals surface area contributed by atoms with E-state index in [1.165, 1.54) is 0 Å². The molecule has 0 amide bonds. The smallest absolute Gasteiger partial charge is 0.282 e. The van der Waals surface area contributed by atoms with Gasteiger partial charge in [-0.3, -0.25) is 0 Å². The molecule has 1 N–H and O–H groups in total. The lowest BCUT2D eigenvalue weighted by Gasteiger charge is -2.40. The van der Waals surface area contributed by atoms with Gasteiger partial charge in [-0.25, -0.2) is 0 Å². The number of morpholine rings is 1. The zero-order chi connectivity index (χ0) is 13.2. The van der Waals surface area contributed by atoms with Gasteiger partial charge in [-0.1, -0.05) is 0 Å². The molecule has 0 aromatic rings. The highest BCUT2D eigenvalue weighted by molar-refractivity contribution is 7.86. The predicted molar refractivity (Wildman–Crippen MR) is 69.6 cm³/mol. The number of ether oxygens (including phenoxy) is 1. The molecule has 0 aliphatic carbocycles. The number of nitrogens with zero attached hydrogens (tertiary/aromatic N) is 2. The van der Waals surface area contributed by atoms with E-state index in [-0.39, 0.29) is 5.54 Å². The topological polar surface area (TPSA) is 61.9 Å². The Balaban J connectivity index is 1.99. The van der Waals surface area contributed by atoms with Crippen molar-refractivity contribution in [2.24, 2.45) is 0 Å². The van der Waals surface area contributed by atoms with Crippen molar-refractivity contribution >= 4 is 10.2 Å². The molecule has 0 atom stereocenters. The van der Waals surface area contributed by atoms with Gasteiger partial charge in [-0.05, 0) is 26.8 Å². The number of hydrogen-bond donors (Lipinski definition) is 1. The van der Waals surface area contributed by atoms with Crippen molar-refractivity contribution in [3.05, 3.63) is 0 Å². The molecule has 0 bridgehead atoms. The fourth-order valence-electron chi connectivity index (χ4n) is 2.40.